The summed E-state index contributed by atoms with van der Waals surface area (Å²) >= 11 is 0. The van der Waals surface area contributed by atoms with Gasteiger partial charge in [-0.05, 0) is 44.5 Å². The van der Waals surface area contributed by atoms with E-state index in [1.807, 2.05) is 12.1 Å². The molecule has 0 radical (unpaired) electrons. The smallest absolute Gasteiger partial charge is 0.347 e. The summed E-state index contributed by atoms with van der Waals surface area (Å²) in [6.07, 6.45) is 0.739. The molecule has 0 unspecified atom stereocenters. The molecule has 0 aliphatic carbocycles. The molecule has 0 spiro atoms. The Morgan fingerprint density at radius 2 is 1.85 bits per heavy atom. The van der Waals surface area contributed by atoms with Crippen molar-refractivity contribution in [3.8, 4) is 5.75 Å². The topological polar surface area (TPSA) is 102 Å². The van der Waals surface area contributed by atoms with E-state index in [2.05, 4.69) is 5.32 Å². The van der Waals surface area contributed by atoms with E-state index in [9.17, 15) is 14.9 Å². The van der Waals surface area contributed by atoms with E-state index in [1.54, 1.807) is 30.3 Å². The van der Waals surface area contributed by atoms with Crippen LogP contribution in [0.3, 0.4) is 0 Å². The Bertz CT molecular complexity index is 772. The lowest BCUT2D eigenvalue weighted by atomic mass is 10.1. The molecule has 2 N–H and O–H groups in total. The Kier molecular flexibility index (Phi) is 6.30. The third kappa shape index (κ3) is 5.29. The van der Waals surface area contributed by atoms with E-state index in [-0.39, 0.29) is 10.6 Å². The van der Waals surface area contributed by atoms with Crippen molar-refractivity contribution in [3.05, 3.63) is 69.8 Å². The van der Waals surface area contributed by atoms with Gasteiger partial charge in [0.25, 0.3) is 5.69 Å². The lowest BCUT2D eigenvalue weighted by Gasteiger charge is -2.21. The second-order valence-electron chi connectivity index (χ2n) is 6.37. The summed E-state index contributed by atoms with van der Waals surface area (Å²) in [5.41, 5.74) is 0.535. The van der Waals surface area contributed by atoms with Gasteiger partial charge in [0.15, 0.2) is 5.60 Å². The van der Waals surface area contributed by atoms with Gasteiger partial charge < -0.3 is 15.2 Å². The van der Waals surface area contributed by atoms with E-state index >= 15 is 0 Å². The zero-order valence-corrected chi connectivity index (χ0v) is 14.8. The summed E-state index contributed by atoms with van der Waals surface area (Å²) in [5.74, 6) is -0.533. The summed E-state index contributed by atoms with van der Waals surface area (Å²) in [4.78, 5) is 21.7. The van der Waals surface area contributed by atoms with Crippen molar-refractivity contribution >= 4 is 11.7 Å². The molecular weight excluding hydrogens is 336 g/mol. The number of benzene rings is 2. The van der Waals surface area contributed by atoms with Crippen LogP contribution in [0.1, 0.15) is 25.0 Å². The first kappa shape index (κ1) is 19.4. The third-order valence-electron chi connectivity index (χ3n) is 3.91. The summed E-state index contributed by atoms with van der Waals surface area (Å²) in [6, 6.07) is 13.9. The Labute approximate surface area is 151 Å². The first-order valence-electron chi connectivity index (χ1n) is 8.24. The molecule has 0 atom stereocenters. The summed E-state index contributed by atoms with van der Waals surface area (Å²) in [5, 5.41) is 23.3. The van der Waals surface area contributed by atoms with Gasteiger partial charge in [0.2, 0.25) is 0 Å². The number of nitrogens with one attached hydrogen (secondary N) is 1. The highest BCUT2D eigenvalue weighted by atomic mass is 16.6. The van der Waals surface area contributed by atoms with Crippen molar-refractivity contribution in [3.63, 3.8) is 0 Å². The van der Waals surface area contributed by atoms with Crippen molar-refractivity contribution < 1.29 is 19.6 Å². The summed E-state index contributed by atoms with van der Waals surface area (Å²) < 4.78 is 5.46. The second-order valence-corrected chi connectivity index (χ2v) is 6.37. The van der Waals surface area contributed by atoms with Crippen molar-refractivity contribution in [1.82, 2.24) is 5.32 Å². The Hall–Kier alpha value is -2.93. The molecule has 0 amide bonds. The lowest BCUT2D eigenvalue weighted by Crippen LogP contribution is -2.37. The second kappa shape index (κ2) is 8.44. The van der Waals surface area contributed by atoms with Crippen molar-refractivity contribution in [2.24, 2.45) is 0 Å². The normalized spacial score (nSPS) is 11.2. The number of aliphatic carboxylic acids is 1. The Morgan fingerprint density at radius 3 is 2.46 bits per heavy atom. The minimum Gasteiger partial charge on any atom is -0.478 e. The monoisotopic (exact) mass is 358 g/mol. The fraction of sp³-hybridized carbons (Fsp3) is 0.316. The van der Waals surface area contributed by atoms with Crippen molar-refractivity contribution in [1.29, 1.82) is 0 Å². The number of hydrogen-bond donors (Lipinski definition) is 2. The highest BCUT2D eigenvalue weighted by Crippen LogP contribution is 2.20. The van der Waals surface area contributed by atoms with Crippen molar-refractivity contribution in [2.45, 2.75) is 32.4 Å². The van der Waals surface area contributed by atoms with E-state index in [0.717, 1.165) is 12.0 Å². The molecule has 2 aromatic carbocycles. The molecule has 7 nitrogen and oxygen atoms in total. The van der Waals surface area contributed by atoms with E-state index in [4.69, 9.17) is 9.84 Å². The number of hydrogen-bond acceptors (Lipinski definition) is 5. The van der Waals surface area contributed by atoms with Gasteiger partial charge >= 0.3 is 5.97 Å². The molecule has 0 heterocycles. The summed E-state index contributed by atoms with van der Waals surface area (Å²) in [6.45, 7) is 4.07. The number of nitrogens with zero attached hydrogens (tertiary/aromatic N) is 1. The molecule has 0 saturated heterocycles. The van der Waals surface area contributed by atoms with Crippen LogP contribution >= 0.6 is 0 Å². The SMILES string of the molecule is CC(C)(Oc1ccc(CCNCc2ccccc2[N+](=O)[O-])cc1)C(=O)O. The predicted molar refractivity (Wildman–Crippen MR) is 97.3 cm³/mol. The third-order valence-corrected chi connectivity index (χ3v) is 3.91. The molecule has 0 saturated carbocycles. The van der Waals surface area contributed by atoms with Gasteiger partial charge in [0, 0.05) is 18.2 Å². The van der Waals surface area contributed by atoms with Gasteiger partial charge in [-0.3, -0.25) is 10.1 Å². The maximum atomic E-state index is 11.1. The maximum absolute atomic E-state index is 11.1. The average Bonchev–Trinajstić information content (AvgIpc) is 2.60. The standard InChI is InChI=1S/C19H22N2O5/c1-19(2,18(22)23)26-16-9-7-14(8-10-16)11-12-20-13-15-5-3-4-6-17(15)21(24)25/h3-10,20H,11-13H2,1-2H3,(H,22,23). The van der Waals surface area contributed by atoms with Crippen LogP contribution in [-0.2, 0) is 17.8 Å². The molecule has 0 aliphatic heterocycles. The molecule has 0 bridgehead atoms. The molecule has 7 heteroatoms. The minimum absolute atomic E-state index is 0.113. The average molecular weight is 358 g/mol. The lowest BCUT2D eigenvalue weighted by molar-refractivity contribution is -0.385. The van der Waals surface area contributed by atoms with E-state index in [0.29, 0.717) is 24.4 Å². The highest BCUT2D eigenvalue weighted by molar-refractivity contribution is 5.76. The molecule has 0 aromatic heterocycles. The van der Waals surface area contributed by atoms with Crippen LogP contribution in [-0.4, -0.2) is 28.1 Å². The van der Waals surface area contributed by atoms with Gasteiger partial charge in [0.05, 0.1) is 4.92 Å². The fourth-order valence-electron chi connectivity index (χ4n) is 2.36. The quantitative estimate of drug-likeness (QED) is 0.405. The number of carbonyl (C=O) groups is 1. The Morgan fingerprint density at radius 1 is 1.19 bits per heavy atom. The van der Waals surface area contributed by atoms with Gasteiger partial charge in [-0.25, -0.2) is 4.79 Å². The van der Waals surface area contributed by atoms with Crippen molar-refractivity contribution in [2.75, 3.05) is 6.54 Å². The van der Waals surface area contributed by atoms with E-state index in [1.165, 1.54) is 19.9 Å². The van der Waals surface area contributed by atoms with Gasteiger partial charge in [-0.2, -0.15) is 0 Å². The van der Waals surface area contributed by atoms with Crippen LogP contribution in [0.15, 0.2) is 48.5 Å². The number of carboxylic acids is 1. The number of rotatable bonds is 9. The Balaban J connectivity index is 1.84. The zero-order chi connectivity index (χ0) is 19.2. The number of nitro groups is 1. The number of nitro benzene ring substituents is 1. The van der Waals surface area contributed by atoms with Crippen LogP contribution in [0.25, 0.3) is 0 Å². The van der Waals surface area contributed by atoms with E-state index < -0.39 is 11.6 Å². The molecular formula is C19H22N2O5. The van der Waals surface area contributed by atoms with Crippen LogP contribution < -0.4 is 10.1 Å². The molecule has 26 heavy (non-hydrogen) atoms. The first-order valence-corrected chi connectivity index (χ1v) is 8.24. The molecule has 0 fully saturated rings. The van der Waals surface area contributed by atoms with Crippen LogP contribution in [0.2, 0.25) is 0 Å². The number of para-hydroxylation sites is 1. The molecule has 0 aliphatic rings. The number of ether oxygens (including phenoxy) is 1. The molecule has 2 rings (SSSR count). The van der Waals surface area contributed by atoms with Crippen LogP contribution in [0.5, 0.6) is 5.75 Å². The van der Waals surface area contributed by atoms with Gasteiger partial charge in [-0.1, -0.05) is 30.3 Å². The largest absolute Gasteiger partial charge is 0.478 e. The van der Waals surface area contributed by atoms with Gasteiger partial charge in [0.1, 0.15) is 5.75 Å². The minimum atomic E-state index is -1.28. The fourth-order valence-corrected chi connectivity index (χ4v) is 2.36. The predicted octanol–water partition coefficient (Wildman–Crippen LogP) is 3.17. The first-order chi connectivity index (χ1) is 12.3. The van der Waals surface area contributed by atoms with Crippen LogP contribution in [0, 0.1) is 10.1 Å². The molecule has 138 valence electrons. The van der Waals surface area contributed by atoms with Crippen LogP contribution in [0.4, 0.5) is 5.69 Å². The summed E-state index contributed by atoms with van der Waals surface area (Å²) in [7, 11) is 0. The molecule has 2 aromatic rings. The zero-order valence-electron chi connectivity index (χ0n) is 14.8. The maximum Gasteiger partial charge on any atom is 0.347 e. The highest BCUT2D eigenvalue weighted by Gasteiger charge is 2.29. The van der Waals surface area contributed by atoms with Gasteiger partial charge in [-0.15, -0.1) is 0 Å². The number of carboxylic acid groups (broad SMARTS) is 1.